The molecule has 0 saturated carbocycles. The molecule has 0 aliphatic carbocycles. The highest BCUT2D eigenvalue weighted by Gasteiger charge is 2.13. The number of hydrogen-bond acceptors (Lipinski definition) is 2. The molecule has 0 atom stereocenters. The Hall–Kier alpha value is -3.23. The Morgan fingerprint density at radius 2 is 1.33 bits per heavy atom. The summed E-state index contributed by atoms with van der Waals surface area (Å²) in [6, 6.07) is 30.5. The average molecular weight is 367 g/mol. The number of aromatic nitrogens is 2. The van der Waals surface area contributed by atoms with Gasteiger partial charge in [-0.05, 0) is 41.1 Å². The molecule has 2 nitrogen and oxygen atoms in total. The second-order valence-electron chi connectivity index (χ2n) is 6.45. The first-order valence-corrected chi connectivity index (χ1v) is 9.18. The summed E-state index contributed by atoms with van der Waals surface area (Å²) in [5.41, 5.74) is 3.91. The van der Waals surface area contributed by atoms with Crippen molar-refractivity contribution < 1.29 is 0 Å². The quantitative estimate of drug-likeness (QED) is 0.322. The van der Waals surface area contributed by atoms with Crippen LogP contribution in [-0.4, -0.2) is 9.97 Å². The summed E-state index contributed by atoms with van der Waals surface area (Å²) < 4.78 is 0. The first-order valence-electron chi connectivity index (χ1n) is 8.80. The summed E-state index contributed by atoms with van der Waals surface area (Å²) in [6.07, 6.45) is 0. The molecule has 0 aliphatic rings. The minimum atomic E-state index is 0.702. The Labute approximate surface area is 162 Å². The van der Waals surface area contributed by atoms with Crippen LogP contribution in [0.15, 0.2) is 91.0 Å². The molecule has 128 valence electrons. The van der Waals surface area contributed by atoms with E-state index in [4.69, 9.17) is 21.6 Å². The Bertz CT molecular complexity index is 1260. The molecule has 0 N–H and O–H groups in total. The van der Waals surface area contributed by atoms with Gasteiger partial charge < -0.3 is 0 Å². The molecule has 27 heavy (non-hydrogen) atoms. The number of rotatable bonds is 2. The molecule has 0 fully saturated rings. The van der Waals surface area contributed by atoms with Gasteiger partial charge in [-0.2, -0.15) is 0 Å². The lowest BCUT2D eigenvalue weighted by Crippen LogP contribution is -1.96. The predicted molar refractivity (Wildman–Crippen MR) is 113 cm³/mol. The maximum atomic E-state index is 6.05. The van der Waals surface area contributed by atoms with Crippen molar-refractivity contribution in [2.24, 2.45) is 0 Å². The first kappa shape index (κ1) is 16.0. The zero-order chi connectivity index (χ0) is 18.2. The second-order valence-corrected chi connectivity index (χ2v) is 6.89. The number of nitrogens with zero attached hydrogens (tertiary/aromatic N) is 2. The van der Waals surface area contributed by atoms with E-state index in [1.807, 2.05) is 42.5 Å². The van der Waals surface area contributed by atoms with E-state index in [-0.39, 0.29) is 0 Å². The van der Waals surface area contributed by atoms with E-state index in [0.29, 0.717) is 10.8 Å². The molecular formula is C24H15ClN2. The van der Waals surface area contributed by atoms with Gasteiger partial charge in [-0.25, -0.2) is 9.97 Å². The summed E-state index contributed by atoms with van der Waals surface area (Å²) in [5, 5.41) is 4.13. The summed E-state index contributed by atoms with van der Waals surface area (Å²) in [4.78, 5) is 9.82. The van der Waals surface area contributed by atoms with Crippen LogP contribution in [0.1, 0.15) is 0 Å². The minimum absolute atomic E-state index is 0.702. The molecule has 0 saturated heterocycles. The van der Waals surface area contributed by atoms with Crippen LogP contribution in [0.4, 0.5) is 0 Å². The molecule has 0 amide bonds. The van der Waals surface area contributed by atoms with Crippen LogP contribution in [-0.2, 0) is 0 Å². The van der Waals surface area contributed by atoms with Crippen molar-refractivity contribution in [2.75, 3.05) is 0 Å². The SMILES string of the molecule is Clc1ccc(-c2nc(-c3ccccc3)c3c(ccc4ccccc43)n2)cc1. The number of fused-ring (bicyclic) bond motifs is 3. The van der Waals surface area contributed by atoms with Crippen molar-refractivity contribution in [1.29, 1.82) is 0 Å². The summed E-state index contributed by atoms with van der Waals surface area (Å²) >= 11 is 6.05. The van der Waals surface area contributed by atoms with Crippen molar-refractivity contribution in [3.63, 3.8) is 0 Å². The molecule has 5 rings (SSSR count). The normalized spacial score (nSPS) is 11.1. The largest absolute Gasteiger partial charge is 0.228 e. The van der Waals surface area contributed by atoms with E-state index in [1.54, 1.807) is 0 Å². The van der Waals surface area contributed by atoms with Crippen LogP contribution in [0.25, 0.3) is 44.3 Å². The Morgan fingerprint density at radius 1 is 0.593 bits per heavy atom. The molecule has 3 heteroatoms. The summed E-state index contributed by atoms with van der Waals surface area (Å²) in [5.74, 6) is 0.702. The third kappa shape index (κ3) is 2.84. The van der Waals surface area contributed by atoms with Crippen molar-refractivity contribution in [3.8, 4) is 22.6 Å². The molecule has 0 spiro atoms. The van der Waals surface area contributed by atoms with E-state index in [9.17, 15) is 0 Å². The first-order chi connectivity index (χ1) is 13.3. The zero-order valence-electron chi connectivity index (χ0n) is 14.4. The van der Waals surface area contributed by atoms with Gasteiger partial charge in [-0.1, -0.05) is 72.3 Å². The maximum absolute atomic E-state index is 6.05. The molecule has 1 aromatic heterocycles. The fourth-order valence-corrected chi connectivity index (χ4v) is 3.56. The third-order valence-corrected chi connectivity index (χ3v) is 4.99. The number of hydrogen-bond donors (Lipinski definition) is 0. The van der Waals surface area contributed by atoms with Crippen LogP contribution in [0.2, 0.25) is 5.02 Å². The molecule has 0 bridgehead atoms. The van der Waals surface area contributed by atoms with Gasteiger partial charge in [0.2, 0.25) is 0 Å². The summed E-state index contributed by atoms with van der Waals surface area (Å²) in [6.45, 7) is 0. The fourth-order valence-electron chi connectivity index (χ4n) is 3.44. The van der Waals surface area contributed by atoms with Crippen LogP contribution in [0.3, 0.4) is 0 Å². The van der Waals surface area contributed by atoms with E-state index < -0.39 is 0 Å². The van der Waals surface area contributed by atoms with Gasteiger partial charge in [0.15, 0.2) is 5.82 Å². The standard InChI is InChI=1S/C24H15ClN2/c25-19-13-10-18(11-14-19)24-26-21-15-12-16-6-4-5-9-20(16)22(21)23(27-24)17-7-2-1-3-8-17/h1-15H. The number of halogens is 1. The lowest BCUT2D eigenvalue weighted by molar-refractivity contribution is 1.23. The topological polar surface area (TPSA) is 25.8 Å². The van der Waals surface area contributed by atoms with Crippen LogP contribution in [0.5, 0.6) is 0 Å². The number of benzene rings is 4. The fraction of sp³-hybridized carbons (Fsp3) is 0. The molecule has 0 aliphatic heterocycles. The van der Waals surface area contributed by atoms with Crippen LogP contribution >= 0.6 is 11.6 Å². The lowest BCUT2D eigenvalue weighted by atomic mass is 10.00. The van der Waals surface area contributed by atoms with Crippen molar-refractivity contribution in [1.82, 2.24) is 9.97 Å². The van der Waals surface area contributed by atoms with Gasteiger partial charge in [0.25, 0.3) is 0 Å². The molecule has 0 unspecified atom stereocenters. The molecular weight excluding hydrogens is 352 g/mol. The van der Waals surface area contributed by atoms with Crippen molar-refractivity contribution in [3.05, 3.63) is 96.0 Å². The highest BCUT2D eigenvalue weighted by atomic mass is 35.5. The predicted octanol–water partition coefficient (Wildman–Crippen LogP) is 6.77. The Balaban J connectivity index is 1.88. The van der Waals surface area contributed by atoms with Gasteiger partial charge in [0.1, 0.15) is 0 Å². The second kappa shape index (κ2) is 6.49. The van der Waals surface area contributed by atoms with Crippen molar-refractivity contribution in [2.45, 2.75) is 0 Å². The Kier molecular flexibility index (Phi) is 3.84. The average Bonchev–Trinajstić information content (AvgIpc) is 2.74. The van der Waals surface area contributed by atoms with Crippen molar-refractivity contribution >= 4 is 33.3 Å². The van der Waals surface area contributed by atoms with Gasteiger partial charge in [-0.3, -0.25) is 0 Å². The molecule has 5 aromatic rings. The maximum Gasteiger partial charge on any atom is 0.160 e. The van der Waals surface area contributed by atoms with Crippen LogP contribution in [0, 0.1) is 0 Å². The van der Waals surface area contributed by atoms with Gasteiger partial charge in [0.05, 0.1) is 11.2 Å². The van der Waals surface area contributed by atoms with Gasteiger partial charge >= 0.3 is 0 Å². The summed E-state index contributed by atoms with van der Waals surface area (Å²) in [7, 11) is 0. The highest BCUT2D eigenvalue weighted by molar-refractivity contribution is 6.30. The van der Waals surface area contributed by atoms with Crippen LogP contribution < -0.4 is 0 Å². The van der Waals surface area contributed by atoms with E-state index in [2.05, 4.69) is 48.5 Å². The molecule has 1 heterocycles. The third-order valence-electron chi connectivity index (χ3n) is 4.74. The van der Waals surface area contributed by atoms with Gasteiger partial charge in [0, 0.05) is 21.5 Å². The minimum Gasteiger partial charge on any atom is -0.228 e. The van der Waals surface area contributed by atoms with E-state index >= 15 is 0 Å². The smallest absolute Gasteiger partial charge is 0.160 e. The van der Waals surface area contributed by atoms with E-state index in [1.165, 1.54) is 5.39 Å². The molecule has 0 radical (unpaired) electrons. The highest BCUT2D eigenvalue weighted by Crippen LogP contribution is 2.34. The van der Waals surface area contributed by atoms with E-state index in [0.717, 1.165) is 33.1 Å². The molecule has 4 aromatic carbocycles. The zero-order valence-corrected chi connectivity index (χ0v) is 15.2. The lowest BCUT2D eigenvalue weighted by Gasteiger charge is -2.12. The Morgan fingerprint density at radius 3 is 2.15 bits per heavy atom. The monoisotopic (exact) mass is 366 g/mol. The van der Waals surface area contributed by atoms with Gasteiger partial charge in [-0.15, -0.1) is 0 Å².